The maximum atomic E-state index is 13.2. The molecule has 0 aliphatic carbocycles. The number of hydrogen-bond acceptors (Lipinski definition) is 8. The van der Waals surface area contributed by atoms with Gasteiger partial charge < -0.3 is 25.3 Å². The molecule has 0 saturated carbocycles. The van der Waals surface area contributed by atoms with Crippen LogP contribution in [0.2, 0.25) is 0 Å². The van der Waals surface area contributed by atoms with Gasteiger partial charge >= 0.3 is 0 Å². The molecule has 3 N–H and O–H groups in total. The Bertz CT molecular complexity index is 1690. The second-order valence-electron chi connectivity index (χ2n) is 10.6. The molecule has 2 fully saturated rings. The van der Waals surface area contributed by atoms with E-state index in [4.69, 9.17) is 4.74 Å². The number of likely N-dealkylation sites (tertiary alicyclic amines) is 1. The molecule has 4 heterocycles. The number of morpholine rings is 1. The van der Waals surface area contributed by atoms with Gasteiger partial charge in [-0.05, 0) is 36.8 Å². The van der Waals surface area contributed by atoms with Crippen molar-refractivity contribution >= 4 is 34.4 Å². The zero-order valence-electron chi connectivity index (χ0n) is 23.6. The number of carbonyl (C=O) groups is 2. The number of amides is 2. The summed E-state index contributed by atoms with van der Waals surface area (Å²) in [6.07, 6.45) is 7.51. The second kappa shape index (κ2) is 12.9. The fourth-order valence-electron chi connectivity index (χ4n) is 5.41. The first-order valence-corrected chi connectivity index (χ1v) is 14.3. The first-order valence-electron chi connectivity index (χ1n) is 14.3. The number of ether oxygens (including phenoxy) is 1. The van der Waals surface area contributed by atoms with Crippen molar-refractivity contribution in [2.75, 3.05) is 56.6 Å². The fraction of sp³-hybridized carbons (Fsp3) is 0.281. The largest absolute Gasteiger partial charge is 0.379 e. The van der Waals surface area contributed by atoms with Crippen LogP contribution in [0.25, 0.3) is 22.2 Å². The Morgan fingerprint density at radius 1 is 1.12 bits per heavy atom. The third-order valence-electron chi connectivity index (χ3n) is 7.70. The Balaban J connectivity index is 1.04. The summed E-state index contributed by atoms with van der Waals surface area (Å²) in [5, 5.41) is 16.8. The van der Waals surface area contributed by atoms with E-state index < -0.39 is 0 Å². The Morgan fingerprint density at radius 2 is 1.93 bits per heavy atom. The van der Waals surface area contributed by atoms with E-state index >= 15 is 0 Å². The topological polar surface area (TPSA) is 139 Å². The fourth-order valence-corrected chi connectivity index (χ4v) is 5.41. The van der Waals surface area contributed by atoms with Gasteiger partial charge in [-0.3, -0.25) is 14.5 Å². The Labute approximate surface area is 249 Å². The smallest absolute Gasteiger partial charge is 0.253 e. The summed E-state index contributed by atoms with van der Waals surface area (Å²) in [7, 11) is 0. The molecule has 1 unspecified atom stereocenters. The van der Waals surface area contributed by atoms with Crippen molar-refractivity contribution < 1.29 is 14.3 Å². The van der Waals surface area contributed by atoms with Crippen molar-refractivity contribution in [3.63, 3.8) is 0 Å². The van der Waals surface area contributed by atoms with E-state index in [-0.39, 0.29) is 17.9 Å². The van der Waals surface area contributed by atoms with Crippen LogP contribution in [-0.4, -0.2) is 88.5 Å². The van der Waals surface area contributed by atoms with Gasteiger partial charge in [-0.15, -0.1) is 0 Å². The van der Waals surface area contributed by atoms with Gasteiger partial charge in [0, 0.05) is 78.8 Å². The van der Waals surface area contributed by atoms with Crippen LogP contribution in [0, 0.1) is 11.3 Å². The molecule has 43 heavy (non-hydrogen) atoms. The lowest BCUT2D eigenvalue weighted by molar-refractivity contribution is -0.111. The van der Waals surface area contributed by atoms with Crippen LogP contribution in [0.3, 0.4) is 0 Å². The van der Waals surface area contributed by atoms with E-state index in [1.165, 1.54) is 12.3 Å². The van der Waals surface area contributed by atoms with Crippen LogP contribution in [0.4, 0.5) is 11.6 Å². The van der Waals surface area contributed by atoms with E-state index in [9.17, 15) is 14.9 Å². The van der Waals surface area contributed by atoms with E-state index in [0.29, 0.717) is 48.1 Å². The number of rotatable bonds is 8. The van der Waals surface area contributed by atoms with Gasteiger partial charge in [0.2, 0.25) is 11.9 Å². The number of hydrogen-bond donors (Lipinski definition) is 3. The minimum absolute atomic E-state index is 0.0319. The first-order chi connectivity index (χ1) is 21.1. The molecular formula is C32H32N8O3. The first kappa shape index (κ1) is 28.1. The van der Waals surface area contributed by atoms with E-state index in [2.05, 4.69) is 36.6 Å². The average Bonchev–Trinajstić information content (AvgIpc) is 3.69. The summed E-state index contributed by atoms with van der Waals surface area (Å²) in [5.41, 5.74) is 3.93. The SMILES string of the molecule is N#Cc1cnc(NC2CCN(C(=O)c3ccc(NC(=O)/C=C/CN4CCOCC4)cc3)C2)nc1-c1c[nH]c2ccccc12. The van der Waals surface area contributed by atoms with Crippen molar-refractivity contribution in [3.8, 4) is 17.3 Å². The average molecular weight is 577 g/mol. The number of fused-ring (bicyclic) bond motifs is 1. The molecular weight excluding hydrogens is 544 g/mol. The van der Waals surface area contributed by atoms with Crippen molar-refractivity contribution in [1.29, 1.82) is 5.26 Å². The highest BCUT2D eigenvalue weighted by atomic mass is 16.5. The number of aromatic nitrogens is 3. The lowest BCUT2D eigenvalue weighted by Crippen LogP contribution is -2.36. The number of carbonyl (C=O) groups excluding carboxylic acids is 2. The molecule has 218 valence electrons. The summed E-state index contributed by atoms with van der Waals surface area (Å²) < 4.78 is 5.34. The van der Waals surface area contributed by atoms with Crippen LogP contribution in [-0.2, 0) is 9.53 Å². The van der Waals surface area contributed by atoms with Crippen molar-refractivity contribution in [3.05, 3.63) is 84.2 Å². The zero-order chi connectivity index (χ0) is 29.6. The molecule has 6 rings (SSSR count). The highest BCUT2D eigenvalue weighted by molar-refractivity contribution is 6.00. The lowest BCUT2D eigenvalue weighted by Gasteiger charge is -2.25. The molecule has 4 aromatic rings. The molecule has 2 amide bonds. The van der Waals surface area contributed by atoms with Crippen molar-refractivity contribution in [2.45, 2.75) is 12.5 Å². The number of nitrogens with zero attached hydrogens (tertiary/aromatic N) is 5. The Hall–Kier alpha value is -5.05. The molecule has 2 aromatic heterocycles. The highest BCUT2D eigenvalue weighted by Gasteiger charge is 2.28. The van der Waals surface area contributed by atoms with Gasteiger partial charge in [0.25, 0.3) is 5.91 Å². The van der Waals surface area contributed by atoms with Crippen molar-refractivity contribution in [1.82, 2.24) is 24.8 Å². The van der Waals surface area contributed by atoms with Crippen LogP contribution in [0.5, 0.6) is 0 Å². The minimum atomic E-state index is -0.210. The van der Waals surface area contributed by atoms with Gasteiger partial charge in [0.05, 0.1) is 30.7 Å². The van der Waals surface area contributed by atoms with E-state index in [1.54, 1.807) is 29.2 Å². The van der Waals surface area contributed by atoms with Gasteiger partial charge in [0.15, 0.2) is 0 Å². The number of benzene rings is 2. The molecule has 0 radical (unpaired) electrons. The third kappa shape index (κ3) is 6.56. The predicted molar refractivity (Wildman–Crippen MR) is 163 cm³/mol. The molecule has 11 nitrogen and oxygen atoms in total. The molecule has 0 spiro atoms. The molecule has 2 aliphatic heterocycles. The van der Waals surface area contributed by atoms with Crippen LogP contribution in [0.15, 0.2) is 73.1 Å². The number of nitrogens with one attached hydrogen (secondary N) is 3. The molecule has 0 bridgehead atoms. The number of para-hydroxylation sites is 1. The maximum absolute atomic E-state index is 13.2. The van der Waals surface area contributed by atoms with Crippen LogP contribution in [0.1, 0.15) is 22.3 Å². The number of nitriles is 1. The Morgan fingerprint density at radius 3 is 2.74 bits per heavy atom. The predicted octanol–water partition coefficient (Wildman–Crippen LogP) is 3.65. The summed E-state index contributed by atoms with van der Waals surface area (Å²) in [5.74, 6) is 0.129. The molecule has 2 aliphatic rings. The summed E-state index contributed by atoms with van der Waals surface area (Å²) in [6, 6.07) is 17.0. The maximum Gasteiger partial charge on any atom is 0.253 e. The Kier molecular flexibility index (Phi) is 8.40. The number of anilines is 2. The lowest BCUT2D eigenvalue weighted by atomic mass is 10.1. The van der Waals surface area contributed by atoms with E-state index in [1.807, 2.05) is 36.5 Å². The number of aromatic amines is 1. The summed E-state index contributed by atoms with van der Waals surface area (Å²) in [6.45, 7) is 4.97. The molecule has 1 atom stereocenters. The van der Waals surface area contributed by atoms with Gasteiger partial charge in [-0.25, -0.2) is 9.97 Å². The number of H-pyrrole nitrogens is 1. The highest BCUT2D eigenvalue weighted by Crippen LogP contribution is 2.30. The molecule has 2 aromatic carbocycles. The third-order valence-corrected chi connectivity index (χ3v) is 7.70. The quantitative estimate of drug-likeness (QED) is 0.270. The monoisotopic (exact) mass is 576 g/mol. The standard InChI is InChI=1S/C32H32N8O3/c33-18-23-19-35-32(38-30(23)27-20-34-28-5-2-1-4-26(27)28)37-25-11-13-40(21-25)31(42)22-7-9-24(10-8-22)36-29(41)6-3-12-39-14-16-43-17-15-39/h1-10,19-20,25,34H,11-17,21H2,(H,36,41)(H,35,37,38)/b6-3+. The second-order valence-corrected chi connectivity index (χ2v) is 10.6. The van der Waals surface area contributed by atoms with Crippen LogP contribution >= 0.6 is 0 Å². The molecule has 11 heteroatoms. The van der Waals surface area contributed by atoms with Crippen molar-refractivity contribution in [2.24, 2.45) is 0 Å². The zero-order valence-corrected chi connectivity index (χ0v) is 23.6. The van der Waals surface area contributed by atoms with E-state index in [0.717, 1.165) is 49.2 Å². The van der Waals surface area contributed by atoms with Crippen LogP contribution < -0.4 is 10.6 Å². The molecule has 2 saturated heterocycles. The normalized spacial score (nSPS) is 17.3. The van der Waals surface area contributed by atoms with Gasteiger partial charge in [-0.2, -0.15) is 5.26 Å². The van der Waals surface area contributed by atoms with Gasteiger partial charge in [0.1, 0.15) is 6.07 Å². The summed E-state index contributed by atoms with van der Waals surface area (Å²) in [4.78, 5) is 41.8. The van der Waals surface area contributed by atoms with Gasteiger partial charge in [-0.1, -0.05) is 24.3 Å². The minimum Gasteiger partial charge on any atom is -0.379 e. The summed E-state index contributed by atoms with van der Waals surface area (Å²) >= 11 is 0.